The topological polar surface area (TPSA) is 82.1 Å². The number of anilines is 1. The first-order valence-electron chi connectivity index (χ1n) is 9.68. The summed E-state index contributed by atoms with van der Waals surface area (Å²) in [7, 11) is 0. The van der Waals surface area contributed by atoms with E-state index >= 15 is 0 Å². The summed E-state index contributed by atoms with van der Waals surface area (Å²) in [6.07, 6.45) is 1.75. The molecule has 1 aliphatic heterocycles. The second-order valence-electron chi connectivity index (χ2n) is 6.85. The van der Waals surface area contributed by atoms with Crippen molar-refractivity contribution in [3.8, 4) is 5.75 Å². The van der Waals surface area contributed by atoms with E-state index in [0.29, 0.717) is 6.61 Å². The minimum Gasteiger partial charge on any atom is -0.494 e. The zero-order chi connectivity index (χ0) is 19.8. The number of hydrogen-bond donors (Lipinski definition) is 2. The molecule has 1 aromatic carbocycles. The third kappa shape index (κ3) is 6.22. The van der Waals surface area contributed by atoms with Crippen molar-refractivity contribution >= 4 is 17.6 Å². The zero-order valence-electron chi connectivity index (χ0n) is 16.5. The summed E-state index contributed by atoms with van der Waals surface area (Å²) in [6, 6.07) is 7.41. The third-order valence-corrected chi connectivity index (χ3v) is 5.12. The number of nitrogens with one attached hydrogen (secondary N) is 1. The summed E-state index contributed by atoms with van der Waals surface area (Å²) in [4.78, 5) is 27.7. The highest BCUT2D eigenvalue weighted by molar-refractivity contribution is 5.94. The van der Waals surface area contributed by atoms with Crippen LogP contribution in [0.5, 0.6) is 5.75 Å². The van der Waals surface area contributed by atoms with Gasteiger partial charge in [0.1, 0.15) is 5.75 Å². The number of nitrogens with zero attached hydrogens (tertiary/aromatic N) is 2. The Kier molecular flexibility index (Phi) is 8.06. The van der Waals surface area contributed by atoms with Crippen molar-refractivity contribution < 1.29 is 19.4 Å². The van der Waals surface area contributed by atoms with E-state index in [2.05, 4.69) is 10.2 Å². The predicted octanol–water partition coefficient (Wildman–Crippen LogP) is 2.28. The van der Waals surface area contributed by atoms with Crippen LogP contribution in [0.2, 0.25) is 0 Å². The van der Waals surface area contributed by atoms with Crippen molar-refractivity contribution in [3.05, 3.63) is 24.3 Å². The number of benzene rings is 1. The number of amides is 1. The number of likely N-dealkylation sites (N-methyl/N-ethyl adjacent to an activating group) is 1. The number of carbonyl (C=O) groups is 2. The summed E-state index contributed by atoms with van der Waals surface area (Å²) in [6.45, 7) is 8.83. The molecule has 0 bridgehead atoms. The Hall–Kier alpha value is -2.12. The Morgan fingerprint density at radius 3 is 2.41 bits per heavy atom. The molecule has 7 heteroatoms. The van der Waals surface area contributed by atoms with Crippen LogP contribution in [0, 0.1) is 0 Å². The number of ether oxygens (including phenoxy) is 1. The van der Waals surface area contributed by atoms with Crippen LogP contribution < -0.4 is 10.1 Å². The van der Waals surface area contributed by atoms with Gasteiger partial charge in [-0.05, 0) is 57.5 Å². The molecule has 2 N–H and O–H groups in total. The van der Waals surface area contributed by atoms with Gasteiger partial charge in [0.2, 0.25) is 5.91 Å². The van der Waals surface area contributed by atoms with E-state index in [0.717, 1.165) is 43.9 Å². The average Bonchev–Trinajstić information content (AvgIpc) is 2.67. The number of aliphatic carboxylic acids is 1. The standard InChI is InChI=1S/C20H31N3O4/c1-4-22(14-19(24)25)17-10-12-23(13-11-17)15(3)20(26)21-16-6-8-18(9-7-16)27-5-2/h6-9,15,17H,4-5,10-14H2,1-3H3,(H,21,26)(H,24,25). The second-order valence-corrected chi connectivity index (χ2v) is 6.85. The normalized spacial score (nSPS) is 16.9. The summed E-state index contributed by atoms with van der Waals surface area (Å²) < 4.78 is 5.41. The van der Waals surface area contributed by atoms with E-state index in [1.165, 1.54) is 0 Å². The van der Waals surface area contributed by atoms with Gasteiger partial charge in [-0.2, -0.15) is 0 Å². The maximum absolute atomic E-state index is 12.6. The molecule has 1 unspecified atom stereocenters. The van der Waals surface area contributed by atoms with E-state index in [-0.39, 0.29) is 24.5 Å². The molecule has 2 rings (SSSR count). The molecule has 0 radical (unpaired) electrons. The molecule has 1 saturated heterocycles. The Bertz CT molecular complexity index is 612. The van der Waals surface area contributed by atoms with Crippen molar-refractivity contribution in [1.82, 2.24) is 9.80 Å². The van der Waals surface area contributed by atoms with Gasteiger partial charge in [0, 0.05) is 24.8 Å². The molecule has 150 valence electrons. The number of hydrogen-bond acceptors (Lipinski definition) is 5. The highest BCUT2D eigenvalue weighted by Crippen LogP contribution is 2.20. The van der Waals surface area contributed by atoms with Crippen LogP contribution >= 0.6 is 0 Å². The van der Waals surface area contributed by atoms with E-state index in [1.54, 1.807) is 0 Å². The Balaban J connectivity index is 1.84. The van der Waals surface area contributed by atoms with Crippen molar-refractivity contribution in [2.45, 2.75) is 45.7 Å². The molecule has 1 aromatic rings. The number of carboxylic acid groups (broad SMARTS) is 1. The van der Waals surface area contributed by atoms with Crippen LogP contribution in [0.4, 0.5) is 5.69 Å². The summed E-state index contributed by atoms with van der Waals surface area (Å²) in [5.74, 6) is -0.0367. The van der Waals surface area contributed by atoms with Crippen molar-refractivity contribution in [1.29, 1.82) is 0 Å². The summed E-state index contributed by atoms with van der Waals surface area (Å²) in [5.41, 5.74) is 0.754. The van der Waals surface area contributed by atoms with Crippen LogP contribution in [0.1, 0.15) is 33.6 Å². The molecule has 1 amide bonds. The third-order valence-electron chi connectivity index (χ3n) is 5.12. The highest BCUT2D eigenvalue weighted by Gasteiger charge is 2.29. The molecule has 1 aliphatic rings. The molecule has 0 spiro atoms. The van der Waals surface area contributed by atoms with E-state index in [4.69, 9.17) is 9.84 Å². The summed E-state index contributed by atoms with van der Waals surface area (Å²) >= 11 is 0. The number of carboxylic acids is 1. The number of likely N-dealkylation sites (tertiary alicyclic amines) is 1. The first-order valence-corrected chi connectivity index (χ1v) is 9.68. The van der Waals surface area contributed by atoms with Gasteiger partial charge in [0.15, 0.2) is 0 Å². The van der Waals surface area contributed by atoms with Crippen molar-refractivity contribution in [2.24, 2.45) is 0 Å². The maximum atomic E-state index is 12.6. The smallest absolute Gasteiger partial charge is 0.317 e. The first kappa shape index (κ1) is 21.2. The second kappa shape index (κ2) is 10.3. The molecule has 1 fully saturated rings. The van der Waals surface area contributed by atoms with Crippen LogP contribution in [0.3, 0.4) is 0 Å². The Labute approximate surface area is 161 Å². The predicted molar refractivity (Wildman–Crippen MR) is 105 cm³/mol. The quantitative estimate of drug-likeness (QED) is 0.687. The maximum Gasteiger partial charge on any atom is 0.317 e. The fraction of sp³-hybridized carbons (Fsp3) is 0.600. The number of carbonyl (C=O) groups excluding carboxylic acids is 1. The fourth-order valence-corrected chi connectivity index (χ4v) is 3.52. The lowest BCUT2D eigenvalue weighted by molar-refractivity contribution is -0.139. The molecule has 0 saturated carbocycles. The molecular weight excluding hydrogens is 346 g/mol. The zero-order valence-corrected chi connectivity index (χ0v) is 16.5. The van der Waals surface area contributed by atoms with Gasteiger partial charge in [-0.1, -0.05) is 6.92 Å². The van der Waals surface area contributed by atoms with Gasteiger partial charge in [0.05, 0.1) is 19.2 Å². The molecular formula is C20H31N3O4. The lowest BCUT2D eigenvalue weighted by Gasteiger charge is -2.39. The SMILES string of the molecule is CCOc1ccc(NC(=O)C(C)N2CCC(N(CC)CC(=O)O)CC2)cc1. The van der Waals surface area contributed by atoms with Gasteiger partial charge in [0.25, 0.3) is 0 Å². The average molecular weight is 377 g/mol. The van der Waals surface area contributed by atoms with E-state index in [1.807, 2.05) is 49.9 Å². The van der Waals surface area contributed by atoms with Crippen molar-refractivity contribution in [2.75, 3.05) is 38.1 Å². The Morgan fingerprint density at radius 1 is 1.26 bits per heavy atom. The van der Waals surface area contributed by atoms with Crippen LogP contribution in [-0.2, 0) is 9.59 Å². The number of piperidine rings is 1. The van der Waals surface area contributed by atoms with Gasteiger partial charge in [-0.15, -0.1) is 0 Å². The van der Waals surface area contributed by atoms with Crippen molar-refractivity contribution in [3.63, 3.8) is 0 Å². The minimum absolute atomic E-state index is 0.0320. The van der Waals surface area contributed by atoms with E-state index in [9.17, 15) is 9.59 Å². The first-order chi connectivity index (χ1) is 12.9. The van der Waals surface area contributed by atoms with Crippen LogP contribution in [-0.4, -0.2) is 71.7 Å². The van der Waals surface area contributed by atoms with Gasteiger partial charge < -0.3 is 15.2 Å². The molecule has 7 nitrogen and oxygen atoms in total. The van der Waals surface area contributed by atoms with Gasteiger partial charge >= 0.3 is 5.97 Å². The highest BCUT2D eigenvalue weighted by atomic mass is 16.5. The molecule has 0 aromatic heterocycles. The molecule has 1 heterocycles. The summed E-state index contributed by atoms with van der Waals surface area (Å²) in [5, 5.41) is 12.0. The lowest BCUT2D eigenvalue weighted by Crippen LogP contribution is -2.51. The van der Waals surface area contributed by atoms with Crippen LogP contribution in [0.25, 0.3) is 0 Å². The minimum atomic E-state index is -0.789. The van der Waals surface area contributed by atoms with E-state index < -0.39 is 5.97 Å². The molecule has 1 atom stereocenters. The fourth-order valence-electron chi connectivity index (χ4n) is 3.52. The van der Waals surface area contributed by atoms with Crippen LogP contribution in [0.15, 0.2) is 24.3 Å². The number of rotatable bonds is 9. The largest absolute Gasteiger partial charge is 0.494 e. The lowest BCUT2D eigenvalue weighted by atomic mass is 10.0. The molecule has 27 heavy (non-hydrogen) atoms. The molecule has 0 aliphatic carbocycles. The van der Waals surface area contributed by atoms with Gasteiger partial charge in [-0.3, -0.25) is 19.4 Å². The Morgan fingerprint density at radius 2 is 1.89 bits per heavy atom. The van der Waals surface area contributed by atoms with Gasteiger partial charge in [-0.25, -0.2) is 0 Å². The monoisotopic (exact) mass is 377 g/mol.